The molecule has 4 nitrogen and oxygen atoms in total. The van der Waals surface area contributed by atoms with Gasteiger partial charge in [-0.3, -0.25) is 0 Å². The number of rotatable bonds is 4. The molecular weight excluding hydrogens is 256 g/mol. The molecule has 0 fully saturated rings. The molecule has 0 aromatic heterocycles. The minimum Gasteiger partial charge on any atom is -0.478 e. The maximum atomic E-state index is 11.3. The Labute approximate surface area is 115 Å². The molecule has 0 radical (unpaired) electrons. The maximum absolute atomic E-state index is 11.3. The van der Waals surface area contributed by atoms with Gasteiger partial charge in [0, 0.05) is 6.08 Å². The lowest BCUT2D eigenvalue weighted by molar-refractivity contribution is -0.128. The van der Waals surface area contributed by atoms with Crippen LogP contribution in [-0.2, 0) is 4.79 Å². The summed E-state index contributed by atoms with van der Waals surface area (Å²) in [5.41, 5.74) is 1.42. The van der Waals surface area contributed by atoms with Crippen molar-refractivity contribution in [2.45, 2.75) is 0 Å². The zero-order valence-corrected chi connectivity index (χ0v) is 10.6. The average Bonchev–Trinajstić information content (AvgIpc) is 2.48. The second-order valence-corrected chi connectivity index (χ2v) is 4.00. The van der Waals surface area contributed by atoms with Crippen LogP contribution in [0.5, 0.6) is 5.75 Å². The van der Waals surface area contributed by atoms with Gasteiger partial charge in [-0.15, -0.1) is 0 Å². The van der Waals surface area contributed by atoms with Gasteiger partial charge in [0.25, 0.3) is 0 Å². The van der Waals surface area contributed by atoms with E-state index in [4.69, 9.17) is 4.74 Å². The second kappa shape index (κ2) is 5.84. The number of aromatic carboxylic acids is 1. The summed E-state index contributed by atoms with van der Waals surface area (Å²) >= 11 is 0. The molecule has 0 aliphatic rings. The van der Waals surface area contributed by atoms with Gasteiger partial charge >= 0.3 is 11.9 Å². The van der Waals surface area contributed by atoms with Crippen molar-refractivity contribution in [2.75, 3.05) is 0 Å². The van der Waals surface area contributed by atoms with Crippen LogP contribution in [-0.4, -0.2) is 17.0 Å². The first-order valence-corrected chi connectivity index (χ1v) is 5.89. The third kappa shape index (κ3) is 2.92. The molecule has 1 N–H and O–H groups in total. The van der Waals surface area contributed by atoms with Crippen molar-refractivity contribution in [3.8, 4) is 16.9 Å². The average molecular weight is 268 g/mol. The van der Waals surface area contributed by atoms with E-state index in [-0.39, 0.29) is 11.3 Å². The SMILES string of the molecule is C=CC(=O)Oc1ccc(-c2ccccc2)c(C(=O)O)c1. The number of hydrogen-bond acceptors (Lipinski definition) is 3. The molecule has 20 heavy (non-hydrogen) atoms. The van der Waals surface area contributed by atoms with Gasteiger partial charge in [-0.25, -0.2) is 9.59 Å². The Balaban J connectivity index is 2.46. The number of carboxylic acid groups (broad SMARTS) is 1. The highest BCUT2D eigenvalue weighted by molar-refractivity contribution is 5.96. The van der Waals surface area contributed by atoms with E-state index in [0.717, 1.165) is 11.6 Å². The number of carboxylic acids is 1. The number of carbonyl (C=O) groups is 2. The highest BCUT2D eigenvalue weighted by Crippen LogP contribution is 2.27. The predicted octanol–water partition coefficient (Wildman–Crippen LogP) is 3.14. The number of ether oxygens (including phenoxy) is 1. The summed E-state index contributed by atoms with van der Waals surface area (Å²) in [6, 6.07) is 13.6. The molecule has 2 rings (SSSR count). The zero-order chi connectivity index (χ0) is 14.5. The molecule has 2 aromatic rings. The van der Waals surface area contributed by atoms with Gasteiger partial charge in [0.15, 0.2) is 0 Å². The van der Waals surface area contributed by atoms with Crippen molar-refractivity contribution >= 4 is 11.9 Å². The fraction of sp³-hybridized carbons (Fsp3) is 0. The standard InChI is InChI=1S/C16H12O4/c1-2-15(17)20-12-8-9-13(14(10-12)16(18)19)11-6-4-3-5-7-11/h2-10H,1H2,(H,18,19). The van der Waals surface area contributed by atoms with Gasteiger partial charge in [-0.05, 0) is 29.3 Å². The third-order valence-corrected chi connectivity index (χ3v) is 2.69. The topological polar surface area (TPSA) is 63.6 Å². The van der Waals surface area contributed by atoms with E-state index >= 15 is 0 Å². The Hall–Kier alpha value is -2.88. The maximum Gasteiger partial charge on any atom is 0.336 e. The van der Waals surface area contributed by atoms with Crippen LogP contribution in [0.25, 0.3) is 11.1 Å². The quantitative estimate of drug-likeness (QED) is 0.525. The van der Waals surface area contributed by atoms with Crippen molar-refractivity contribution < 1.29 is 19.4 Å². The van der Waals surface area contributed by atoms with Crippen LogP contribution < -0.4 is 4.74 Å². The fourth-order valence-corrected chi connectivity index (χ4v) is 1.79. The van der Waals surface area contributed by atoms with Crippen LogP contribution in [0.15, 0.2) is 61.2 Å². The van der Waals surface area contributed by atoms with E-state index in [2.05, 4.69) is 6.58 Å². The van der Waals surface area contributed by atoms with Crippen molar-refractivity contribution in [1.29, 1.82) is 0 Å². The summed E-state index contributed by atoms with van der Waals surface area (Å²) in [5.74, 6) is -1.54. The van der Waals surface area contributed by atoms with Crippen LogP contribution in [0.3, 0.4) is 0 Å². The van der Waals surface area contributed by atoms with Crippen LogP contribution in [0.4, 0.5) is 0 Å². The second-order valence-electron chi connectivity index (χ2n) is 4.00. The van der Waals surface area contributed by atoms with Crippen LogP contribution >= 0.6 is 0 Å². The van der Waals surface area contributed by atoms with E-state index in [0.29, 0.717) is 5.56 Å². The van der Waals surface area contributed by atoms with Gasteiger partial charge in [-0.1, -0.05) is 36.9 Å². The van der Waals surface area contributed by atoms with Gasteiger partial charge in [0.05, 0.1) is 5.56 Å². The molecule has 0 heterocycles. The van der Waals surface area contributed by atoms with Crippen molar-refractivity contribution in [1.82, 2.24) is 0 Å². The molecule has 0 spiro atoms. The number of benzene rings is 2. The van der Waals surface area contributed by atoms with E-state index in [9.17, 15) is 14.7 Å². The van der Waals surface area contributed by atoms with Crippen molar-refractivity contribution in [3.05, 3.63) is 66.7 Å². The summed E-state index contributed by atoms with van der Waals surface area (Å²) in [6.07, 6.45) is 1.02. The van der Waals surface area contributed by atoms with Gasteiger partial charge in [-0.2, -0.15) is 0 Å². The molecule has 0 aliphatic carbocycles. The Morgan fingerprint density at radius 1 is 1.10 bits per heavy atom. The first-order valence-electron chi connectivity index (χ1n) is 5.89. The number of carbonyl (C=O) groups excluding carboxylic acids is 1. The monoisotopic (exact) mass is 268 g/mol. The van der Waals surface area contributed by atoms with E-state index < -0.39 is 11.9 Å². The third-order valence-electron chi connectivity index (χ3n) is 2.69. The Morgan fingerprint density at radius 2 is 1.80 bits per heavy atom. The molecule has 0 saturated carbocycles. The minimum absolute atomic E-state index is 0.0746. The van der Waals surface area contributed by atoms with Crippen LogP contribution in [0.1, 0.15) is 10.4 Å². The van der Waals surface area contributed by atoms with E-state index in [1.165, 1.54) is 6.07 Å². The predicted molar refractivity (Wildman–Crippen MR) is 74.7 cm³/mol. The first-order chi connectivity index (χ1) is 9.61. The Bertz CT molecular complexity index is 659. The normalized spacial score (nSPS) is 9.80. The zero-order valence-electron chi connectivity index (χ0n) is 10.6. The highest BCUT2D eigenvalue weighted by Gasteiger charge is 2.13. The summed E-state index contributed by atoms with van der Waals surface area (Å²) in [6.45, 7) is 3.29. The fourth-order valence-electron chi connectivity index (χ4n) is 1.79. The number of hydrogen-bond donors (Lipinski definition) is 1. The smallest absolute Gasteiger partial charge is 0.336 e. The van der Waals surface area contributed by atoms with Gasteiger partial charge in [0.1, 0.15) is 5.75 Å². The van der Waals surface area contributed by atoms with Crippen LogP contribution in [0.2, 0.25) is 0 Å². The summed E-state index contributed by atoms with van der Waals surface area (Å²) in [7, 11) is 0. The molecular formula is C16H12O4. The molecule has 2 aromatic carbocycles. The Kier molecular flexibility index (Phi) is 3.96. The first kappa shape index (κ1) is 13.5. The Morgan fingerprint density at radius 3 is 2.40 bits per heavy atom. The minimum atomic E-state index is -1.08. The molecule has 0 saturated heterocycles. The molecule has 0 amide bonds. The summed E-state index contributed by atoms with van der Waals surface area (Å²) in [4.78, 5) is 22.5. The van der Waals surface area contributed by atoms with Gasteiger partial charge < -0.3 is 9.84 Å². The van der Waals surface area contributed by atoms with Crippen molar-refractivity contribution in [3.63, 3.8) is 0 Å². The molecule has 100 valence electrons. The highest BCUT2D eigenvalue weighted by atomic mass is 16.5. The summed E-state index contributed by atoms with van der Waals surface area (Å²) < 4.78 is 4.92. The number of esters is 1. The van der Waals surface area contributed by atoms with E-state index in [1.807, 2.05) is 30.3 Å². The summed E-state index contributed by atoms with van der Waals surface area (Å²) in [5, 5.41) is 9.28. The molecule has 0 unspecified atom stereocenters. The molecule has 0 aliphatic heterocycles. The van der Waals surface area contributed by atoms with Gasteiger partial charge in [0.2, 0.25) is 0 Å². The largest absolute Gasteiger partial charge is 0.478 e. The molecule has 0 bridgehead atoms. The molecule has 4 heteroatoms. The van der Waals surface area contributed by atoms with Crippen LogP contribution in [0, 0.1) is 0 Å². The lowest BCUT2D eigenvalue weighted by Crippen LogP contribution is -2.05. The molecule has 0 atom stereocenters. The lowest BCUT2D eigenvalue weighted by Gasteiger charge is -2.08. The van der Waals surface area contributed by atoms with Crippen molar-refractivity contribution in [2.24, 2.45) is 0 Å². The lowest BCUT2D eigenvalue weighted by atomic mass is 9.99. The van der Waals surface area contributed by atoms with E-state index in [1.54, 1.807) is 12.1 Å².